The number of carbonyl (C=O) groups excluding carboxylic acids is 1. The number of amides is 1. The standard InChI is InChI=1S/C23H31N3O2.2ClH/c1-15-12-16(2)22-19(13-15)20(14-21(25-22)17-4-5-17)23(27)26-9-6-18(7-10-26)28-11-3-8-24;;/h12-14,17-18H,3-11,24H2,1-2H3;2*1H. The van der Waals surface area contributed by atoms with Gasteiger partial charge >= 0.3 is 0 Å². The Morgan fingerprint density at radius 1 is 1.13 bits per heavy atom. The molecular formula is C23H33Cl2N3O2. The molecule has 2 N–H and O–H groups in total. The van der Waals surface area contributed by atoms with Gasteiger partial charge < -0.3 is 15.4 Å². The van der Waals surface area contributed by atoms with Gasteiger partial charge in [-0.15, -0.1) is 24.8 Å². The largest absolute Gasteiger partial charge is 0.378 e. The molecule has 1 saturated carbocycles. The van der Waals surface area contributed by atoms with Crippen molar-refractivity contribution in [3.8, 4) is 0 Å². The highest BCUT2D eigenvalue weighted by molar-refractivity contribution is 6.07. The lowest BCUT2D eigenvalue weighted by Crippen LogP contribution is -2.41. The molecule has 1 amide bonds. The molecule has 1 aromatic carbocycles. The van der Waals surface area contributed by atoms with Crippen LogP contribution < -0.4 is 5.73 Å². The zero-order valence-electron chi connectivity index (χ0n) is 17.9. The highest BCUT2D eigenvalue weighted by Gasteiger charge is 2.30. The van der Waals surface area contributed by atoms with Gasteiger partial charge in [0.25, 0.3) is 5.91 Å². The zero-order chi connectivity index (χ0) is 19.7. The lowest BCUT2D eigenvalue weighted by Gasteiger charge is -2.32. The van der Waals surface area contributed by atoms with E-state index in [0.717, 1.165) is 60.1 Å². The highest BCUT2D eigenvalue weighted by atomic mass is 35.5. The molecule has 4 rings (SSSR count). The van der Waals surface area contributed by atoms with E-state index in [2.05, 4.69) is 32.0 Å². The number of aromatic nitrogens is 1. The molecule has 0 radical (unpaired) electrons. The number of fused-ring (bicyclic) bond motifs is 1. The van der Waals surface area contributed by atoms with Gasteiger partial charge in [0.2, 0.25) is 0 Å². The van der Waals surface area contributed by atoms with Gasteiger partial charge in [-0.2, -0.15) is 0 Å². The van der Waals surface area contributed by atoms with Crippen LogP contribution in [0.5, 0.6) is 0 Å². The fourth-order valence-corrected chi connectivity index (χ4v) is 4.20. The third-order valence-electron chi connectivity index (χ3n) is 5.93. The maximum absolute atomic E-state index is 13.4. The number of hydrogen-bond acceptors (Lipinski definition) is 4. The van der Waals surface area contributed by atoms with E-state index in [0.29, 0.717) is 19.1 Å². The summed E-state index contributed by atoms with van der Waals surface area (Å²) in [6, 6.07) is 6.33. The summed E-state index contributed by atoms with van der Waals surface area (Å²) < 4.78 is 5.89. The number of piperidine rings is 1. The average molecular weight is 454 g/mol. The molecule has 0 atom stereocenters. The fraction of sp³-hybridized carbons (Fsp3) is 0.565. The van der Waals surface area contributed by atoms with Crippen molar-refractivity contribution in [2.45, 2.75) is 58.0 Å². The van der Waals surface area contributed by atoms with Gasteiger partial charge in [0.15, 0.2) is 0 Å². The van der Waals surface area contributed by atoms with E-state index in [1.807, 2.05) is 4.90 Å². The third-order valence-corrected chi connectivity index (χ3v) is 5.93. The second-order valence-corrected chi connectivity index (χ2v) is 8.35. The predicted molar refractivity (Wildman–Crippen MR) is 126 cm³/mol. The molecule has 5 nitrogen and oxygen atoms in total. The van der Waals surface area contributed by atoms with E-state index in [1.54, 1.807) is 0 Å². The zero-order valence-corrected chi connectivity index (χ0v) is 19.5. The number of aryl methyl sites for hydroxylation is 2. The topological polar surface area (TPSA) is 68.5 Å². The molecule has 1 aliphatic carbocycles. The minimum Gasteiger partial charge on any atom is -0.378 e. The van der Waals surface area contributed by atoms with Crippen molar-refractivity contribution in [3.05, 3.63) is 40.6 Å². The summed E-state index contributed by atoms with van der Waals surface area (Å²) in [5, 5.41) is 0.994. The first-order chi connectivity index (χ1) is 13.6. The van der Waals surface area contributed by atoms with Gasteiger partial charge in [0.05, 0.1) is 17.2 Å². The molecule has 30 heavy (non-hydrogen) atoms. The number of likely N-dealkylation sites (tertiary alicyclic amines) is 1. The molecule has 1 aliphatic heterocycles. The maximum atomic E-state index is 13.4. The van der Waals surface area contributed by atoms with E-state index in [9.17, 15) is 4.79 Å². The summed E-state index contributed by atoms with van der Waals surface area (Å²) in [6.45, 7) is 7.05. The van der Waals surface area contributed by atoms with Gasteiger partial charge in [-0.3, -0.25) is 9.78 Å². The van der Waals surface area contributed by atoms with Crippen molar-refractivity contribution < 1.29 is 9.53 Å². The number of benzene rings is 1. The summed E-state index contributed by atoms with van der Waals surface area (Å²) in [6.07, 6.45) is 5.30. The fourth-order valence-electron chi connectivity index (χ4n) is 4.20. The van der Waals surface area contributed by atoms with Gasteiger partial charge in [-0.05, 0) is 70.2 Å². The minimum atomic E-state index is 0. The van der Waals surface area contributed by atoms with Gasteiger partial charge in [0, 0.05) is 36.7 Å². The van der Waals surface area contributed by atoms with Crippen LogP contribution >= 0.6 is 24.8 Å². The Hall–Kier alpha value is -1.40. The molecule has 2 heterocycles. The second kappa shape index (κ2) is 10.8. The van der Waals surface area contributed by atoms with Crippen LogP contribution in [0.4, 0.5) is 0 Å². The number of nitrogens with zero attached hydrogens (tertiary/aromatic N) is 2. The normalized spacial score (nSPS) is 16.8. The Labute approximate surface area is 191 Å². The highest BCUT2D eigenvalue weighted by Crippen LogP contribution is 2.40. The monoisotopic (exact) mass is 453 g/mol. The Morgan fingerprint density at radius 2 is 1.83 bits per heavy atom. The molecule has 7 heteroatoms. The molecule has 2 aromatic rings. The SMILES string of the molecule is Cc1cc(C)c2nc(C3CC3)cc(C(=O)N3CCC(OCCCN)CC3)c2c1.Cl.Cl. The first kappa shape index (κ1) is 24.9. The van der Waals surface area contributed by atoms with Crippen LogP contribution in [0.15, 0.2) is 18.2 Å². The molecule has 1 saturated heterocycles. The second-order valence-electron chi connectivity index (χ2n) is 8.35. The molecule has 2 aliphatic rings. The van der Waals surface area contributed by atoms with Crippen LogP contribution in [-0.2, 0) is 4.74 Å². The van der Waals surface area contributed by atoms with Gasteiger partial charge in [0.1, 0.15) is 0 Å². The Bertz CT molecular complexity index is 878. The summed E-state index contributed by atoms with van der Waals surface area (Å²) in [5.41, 5.74) is 10.8. The molecular weight excluding hydrogens is 421 g/mol. The first-order valence-corrected chi connectivity index (χ1v) is 10.6. The molecule has 1 aromatic heterocycles. The number of nitrogens with two attached hydrogens (primary N) is 1. The number of carbonyl (C=O) groups is 1. The lowest BCUT2D eigenvalue weighted by atomic mass is 9.99. The van der Waals surface area contributed by atoms with E-state index in [-0.39, 0.29) is 36.8 Å². The van der Waals surface area contributed by atoms with Crippen molar-refractivity contribution in [2.24, 2.45) is 5.73 Å². The third kappa shape index (κ3) is 5.44. The van der Waals surface area contributed by atoms with Gasteiger partial charge in [-0.1, -0.05) is 11.6 Å². The van der Waals surface area contributed by atoms with Gasteiger partial charge in [-0.25, -0.2) is 0 Å². The van der Waals surface area contributed by atoms with Crippen LogP contribution in [-0.4, -0.2) is 48.1 Å². The van der Waals surface area contributed by atoms with Crippen molar-refractivity contribution in [2.75, 3.05) is 26.2 Å². The number of ether oxygens (including phenoxy) is 1. The van der Waals surface area contributed by atoms with Crippen molar-refractivity contribution in [1.82, 2.24) is 9.88 Å². The van der Waals surface area contributed by atoms with Crippen LogP contribution in [0.25, 0.3) is 10.9 Å². The molecule has 166 valence electrons. The van der Waals surface area contributed by atoms with Crippen molar-refractivity contribution >= 4 is 41.6 Å². The predicted octanol–water partition coefficient (Wildman–Crippen LogP) is 4.54. The molecule has 0 spiro atoms. The molecule has 2 fully saturated rings. The quantitative estimate of drug-likeness (QED) is 0.651. The summed E-state index contributed by atoms with van der Waals surface area (Å²) in [5.74, 6) is 0.665. The molecule has 0 bridgehead atoms. The van der Waals surface area contributed by atoms with E-state index >= 15 is 0 Å². The first-order valence-electron chi connectivity index (χ1n) is 10.6. The number of hydrogen-bond donors (Lipinski definition) is 1. The minimum absolute atomic E-state index is 0. The van der Waals surface area contributed by atoms with Crippen LogP contribution in [0, 0.1) is 13.8 Å². The smallest absolute Gasteiger partial charge is 0.254 e. The maximum Gasteiger partial charge on any atom is 0.254 e. The van der Waals surface area contributed by atoms with E-state index in [4.69, 9.17) is 15.5 Å². The summed E-state index contributed by atoms with van der Waals surface area (Å²) in [4.78, 5) is 20.4. The van der Waals surface area contributed by atoms with E-state index < -0.39 is 0 Å². The lowest BCUT2D eigenvalue weighted by molar-refractivity contribution is 0.00849. The van der Waals surface area contributed by atoms with Crippen LogP contribution in [0.3, 0.4) is 0 Å². The van der Waals surface area contributed by atoms with E-state index in [1.165, 1.54) is 18.4 Å². The van der Waals surface area contributed by atoms with Crippen LogP contribution in [0.2, 0.25) is 0 Å². The van der Waals surface area contributed by atoms with Crippen molar-refractivity contribution in [3.63, 3.8) is 0 Å². The number of halogens is 2. The average Bonchev–Trinajstić information content (AvgIpc) is 3.53. The Kier molecular flexibility index (Phi) is 8.92. The summed E-state index contributed by atoms with van der Waals surface area (Å²) >= 11 is 0. The Morgan fingerprint density at radius 3 is 2.47 bits per heavy atom. The van der Waals surface area contributed by atoms with Crippen molar-refractivity contribution in [1.29, 1.82) is 0 Å². The summed E-state index contributed by atoms with van der Waals surface area (Å²) in [7, 11) is 0. The number of rotatable bonds is 6. The number of pyridine rings is 1. The molecule has 0 unspecified atom stereocenters. The Balaban J connectivity index is 0.00000160. The van der Waals surface area contributed by atoms with Crippen LogP contribution in [0.1, 0.15) is 65.2 Å².